The standard InChI is InChI=1S/C14H10F2N2O4S/c1-18-12-3-2-11(7-13(12)22-14(18)19)23(20,21)17-10-5-8(15)4-9(16)6-10/h2-7,17H,1H3. The summed E-state index contributed by atoms with van der Waals surface area (Å²) in [7, 11) is -2.61. The maximum Gasteiger partial charge on any atom is 0.419 e. The van der Waals surface area contributed by atoms with Crippen molar-refractivity contribution in [2.45, 2.75) is 4.90 Å². The zero-order valence-corrected chi connectivity index (χ0v) is 12.5. The predicted octanol–water partition coefficient (Wildman–Crippen LogP) is 2.21. The largest absolute Gasteiger partial charge is 0.419 e. The number of hydrogen-bond donors (Lipinski definition) is 1. The van der Waals surface area contributed by atoms with Gasteiger partial charge in [-0.3, -0.25) is 9.29 Å². The number of halogens is 2. The van der Waals surface area contributed by atoms with Crippen LogP contribution in [0.4, 0.5) is 14.5 Å². The van der Waals surface area contributed by atoms with E-state index in [2.05, 4.69) is 4.72 Å². The second-order valence-corrected chi connectivity index (χ2v) is 6.50. The molecule has 0 aliphatic carbocycles. The van der Waals surface area contributed by atoms with Crippen LogP contribution < -0.4 is 10.5 Å². The van der Waals surface area contributed by atoms with Crippen molar-refractivity contribution in [3.05, 3.63) is 58.6 Å². The molecule has 1 N–H and O–H groups in total. The monoisotopic (exact) mass is 340 g/mol. The molecular formula is C14H10F2N2O4S. The highest BCUT2D eigenvalue weighted by Gasteiger charge is 2.17. The van der Waals surface area contributed by atoms with Crippen LogP contribution in [0.2, 0.25) is 0 Å². The van der Waals surface area contributed by atoms with Gasteiger partial charge in [0.25, 0.3) is 10.0 Å². The van der Waals surface area contributed by atoms with E-state index in [0.29, 0.717) is 11.6 Å². The van der Waals surface area contributed by atoms with Gasteiger partial charge >= 0.3 is 5.76 Å². The molecule has 0 saturated carbocycles. The summed E-state index contributed by atoms with van der Waals surface area (Å²) in [4.78, 5) is 11.2. The topological polar surface area (TPSA) is 81.3 Å². The van der Waals surface area contributed by atoms with Crippen LogP contribution in [0.1, 0.15) is 0 Å². The Labute approximate surface area is 129 Å². The third kappa shape index (κ3) is 2.82. The highest BCUT2D eigenvalue weighted by atomic mass is 32.2. The lowest BCUT2D eigenvalue weighted by Crippen LogP contribution is -2.13. The lowest BCUT2D eigenvalue weighted by Gasteiger charge is -2.08. The summed E-state index contributed by atoms with van der Waals surface area (Å²) in [6.45, 7) is 0. The minimum atomic E-state index is -4.10. The number of rotatable bonds is 3. The smallest absolute Gasteiger partial charge is 0.408 e. The lowest BCUT2D eigenvalue weighted by molar-refractivity contribution is 0.527. The van der Waals surface area contributed by atoms with Gasteiger partial charge in [-0.1, -0.05) is 0 Å². The van der Waals surface area contributed by atoms with E-state index in [9.17, 15) is 22.0 Å². The highest BCUT2D eigenvalue weighted by molar-refractivity contribution is 7.92. The quantitative estimate of drug-likeness (QED) is 0.793. The molecule has 0 amide bonds. The molecule has 3 rings (SSSR count). The van der Waals surface area contributed by atoms with Gasteiger partial charge in [0.05, 0.1) is 16.1 Å². The second-order valence-electron chi connectivity index (χ2n) is 4.82. The SMILES string of the molecule is Cn1c(=O)oc2cc(S(=O)(=O)Nc3cc(F)cc(F)c3)ccc21. The summed E-state index contributed by atoms with van der Waals surface area (Å²) in [5.74, 6) is -2.45. The number of sulfonamides is 1. The van der Waals surface area contributed by atoms with E-state index < -0.39 is 27.4 Å². The average molecular weight is 340 g/mol. The Balaban J connectivity index is 2.03. The number of benzene rings is 2. The fraction of sp³-hybridized carbons (Fsp3) is 0.0714. The Morgan fingerprint density at radius 3 is 2.39 bits per heavy atom. The van der Waals surface area contributed by atoms with Crippen LogP contribution in [0.3, 0.4) is 0 Å². The van der Waals surface area contributed by atoms with E-state index in [4.69, 9.17) is 4.42 Å². The molecular weight excluding hydrogens is 330 g/mol. The molecule has 0 radical (unpaired) electrons. The van der Waals surface area contributed by atoms with Crippen molar-refractivity contribution in [3.8, 4) is 0 Å². The number of oxazole rings is 1. The number of nitrogens with zero attached hydrogens (tertiary/aromatic N) is 1. The molecule has 1 heterocycles. The van der Waals surface area contributed by atoms with Crippen LogP contribution in [0.25, 0.3) is 11.1 Å². The van der Waals surface area contributed by atoms with Crippen molar-refractivity contribution >= 4 is 26.8 Å². The number of hydrogen-bond acceptors (Lipinski definition) is 4. The minimum Gasteiger partial charge on any atom is -0.408 e. The lowest BCUT2D eigenvalue weighted by atomic mass is 10.3. The Kier molecular flexibility index (Phi) is 3.44. The fourth-order valence-electron chi connectivity index (χ4n) is 2.11. The van der Waals surface area contributed by atoms with Gasteiger partial charge in [0.2, 0.25) is 0 Å². The summed E-state index contributed by atoms with van der Waals surface area (Å²) in [6.07, 6.45) is 0. The number of aromatic nitrogens is 1. The zero-order valence-electron chi connectivity index (χ0n) is 11.7. The fourth-order valence-corrected chi connectivity index (χ4v) is 3.16. The summed E-state index contributed by atoms with van der Waals surface area (Å²) in [5, 5.41) is 0. The highest BCUT2D eigenvalue weighted by Crippen LogP contribution is 2.21. The van der Waals surface area contributed by atoms with Crippen LogP contribution in [-0.2, 0) is 17.1 Å². The van der Waals surface area contributed by atoms with Gasteiger partial charge in [0.1, 0.15) is 11.6 Å². The van der Waals surface area contributed by atoms with Crippen LogP contribution in [0.5, 0.6) is 0 Å². The zero-order chi connectivity index (χ0) is 16.8. The van der Waals surface area contributed by atoms with Gasteiger partial charge in [0.15, 0.2) is 5.58 Å². The summed E-state index contributed by atoms with van der Waals surface area (Å²) < 4.78 is 59.0. The third-order valence-corrected chi connectivity index (χ3v) is 4.57. The van der Waals surface area contributed by atoms with E-state index >= 15 is 0 Å². The van der Waals surface area contributed by atoms with Gasteiger partial charge in [0, 0.05) is 19.2 Å². The minimum absolute atomic E-state index is 0.0887. The van der Waals surface area contributed by atoms with Gasteiger partial charge in [-0.05, 0) is 24.3 Å². The molecule has 120 valence electrons. The summed E-state index contributed by atoms with van der Waals surface area (Å²) >= 11 is 0. The van der Waals surface area contributed by atoms with Crippen LogP contribution >= 0.6 is 0 Å². The molecule has 0 unspecified atom stereocenters. The first-order chi connectivity index (χ1) is 10.8. The van der Waals surface area contributed by atoms with E-state index in [0.717, 1.165) is 18.2 Å². The molecule has 0 saturated heterocycles. The molecule has 6 nitrogen and oxygen atoms in total. The van der Waals surface area contributed by atoms with E-state index in [-0.39, 0.29) is 16.2 Å². The van der Waals surface area contributed by atoms with Crippen LogP contribution in [0, 0.1) is 11.6 Å². The molecule has 0 atom stereocenters. The average Bonchev–Trinajstić information content (AvgIpc) is 2.72. The molecule has 0 fully saturated rings. The number of aryl methyl sites for hydroxylation is 1. The number of nitrogens with one attached hydrogen (secondary N) is 1. The molecule has 0 spiro atoms. The maximum atomic E-state index is 13.1. The number of anilines is 1. The van der Waals surface area contributed by atoms with Gasteiger partial charge < -0.3 is 4.42 Å². The van der Waals surface area contributed by atoms with E-state index in [1.807, 2.05) is 0 Å². The molecule has 2 aromatic carbocycles. The third-order valence-electron chi connectivity index (χ3n) is 3.19. The first-order valence-electron chi connectivity index (χ1n) is 6.35. The van der Waals surface area contributed by atoms with Crippen LogP contribution in [-0.4, -0.2) is 13.0 Å². The summed E-state index contributed by atoms with van der Waals surface area (Å²) in [5.41, 5.74) is 0.258. The first kappa shape index (κ1) is 15.2. The van der Waals surface area contributed by atoms with Crippen molar-refractivity contribution in [3.63, 3.8) is 0 Å². The number of fused-ring (bicyclic) bond motifs is 1. The van der Waals surface area contributed by atoms with Crippen molar-refractivity contribution in [1.29, 1.82) is 0 Å². The first-order valence-corrected chi connectivity index (χ1v) is 7.83. The molecule has 1 aromatic heterocycles. The Morgan fingerprint density at radius 1 is 1.09 bits per heavy atom. The van der Waals surface area contributed by atoms with E-state index in [1.165, 1.54) is 23.7 Å². The van der Waals surface area contributed by atoms with E-state index in [1.54, 1.807) is 0 Å². The molecule has 0 aliphatic heterocycles. The summed E-state index contributed by atoms with van der Waals surface area (Å²) in [6, 6.07) is 6.15. The Bertz CT molecular complexity index is 1050. The maximum absolute atomic E-state index is 13.1. The van der Waals surface area contributed by atoms with Gasteiger partial charge in [-0.15, -0.1) is 0 Å². The second kappa shape index (κ2) is 5.20. The molecule has 9 heteroatoms. The molecule has 0 bridgehead atoms. The van der Waals surface area contributed by atoms with Crippen molar-refractivity contribution < 1.29 is 21.6 Å². The van der Waals surface area contributed by atoms with Crippen molar-refractivity contribution in [2.75, 3.05) is 4.72 Å². The van der Waals surface area contributed by atoms with Crippen LogP contribution in [0.15, 0.2) is 50.5 Å². The Hall–Kier alpha value is -2.68. The van der Waals surface area contributed by atoms with Gasteiger partial charge in [-0.25, -0.2) is 22.0 Å². The molecule has 0 aliphatic rings. The molecule has 3 aromatic rings. The molecule has 23 heavy (non-hydrogen) atoms. The Morgan fingerprint density at radius 2 is 1.74 bits per heavy atom. The van der Waals surface area contributed by atoms with Gasteiger partial charge in [-0.2, -0.15) is 0 Å². The van der Waals surface area contributed by atoms with Crippen molar-refractivity contribution in [1.82, 2.24) is 4.57 Å². The van der Waals surface area contributed by atoms with Crippen molar-refractivity contribution in [2.24, 2.45) is 7.05 Å². The predicted molar refractivity (Wildman–Crippen MR) is 78.6 cm³/mol. The normalized spacial score (nSPS) is 11.8.